The van der Waals surface area contributed by atoms with Crippen molar-refractivity contribution in [1.82, 2.24) is 5.32 Å². The van der Waals surface area contributed by atoms with Crippen LogP contribution in [0.25, 0.3) is 0 Å². The van der Waals surface area contributed by atoms with Gasteiger partial charge in [-0.3, -0.25) is 4.79 Å². The van der Waals surface area contributed by atoms with Crippen LogP contribution in [-0.2, 0) is 14.3 Å². The molecule has 226 valence electrons. The Hall–Kier alpha value is -1.10. The minimum atomic E-state index is -0.943. The molecule has 0 heterocycles. The highest BCUT2D eigenvalue weighted by Crippen LogP contribution is 2.14. The number of hydrogen-bond donors (Lipinski definition) is 2. The summed E-state index contributed by atoms with van der Waals surface area (Å²) in [5.74, 6) is -0.691. The van der Waals surface area contributed by atoms with Crippen LogP contribution in [0, 0.1) is 0 Å². The first-order valence-electron chi connectivity index (χ1n) is 16.7. The molecule has 0 aliphatic carbocycles. The van der Waals surface area contributed by atoms with E-state index in [0.29, 0.717) is 13.0 Å². The molecule has 0 spiro atoms. The zero-order valence-electron chi connectivity index (χ0n) is 25.5. The van der Waals surface area contributed by atoms with E-state index in [1.54, 1.807) is 0 Å². The Morgan fingerprint density at radius 2 is 0.895 bits per heavy atom. The van der Waals surface area contributed by atoms with E-state index in [0.717, 1.165) is 32.1 Å². The van der Waals surface area contributed by atoms with Gasteiger partial charge in [-0.05, 0) is 12.8 Å². The van der Waals surface area contributed by atoms with Gasteiger partial charge in [0.25, 0.3) is 0 Å². The van der Waals surface area contributed by atoms with Crippen molar-refractivity contribution in [2.45, 2.75) is 187 Å². The average Bonchev–Trinajstić information content (AvgIpc) is 2.92. The van der Waals surface area contributed by atoms with Crippen LogP contribution in [0.5, 0.6) is 0 Å². The van der Waals surface area contributed by atoms with Crippen LogP contribution in [0.4, 0.5) is 0 Å². The maximum absolute atomic E-state index is 12.2. The summed E-state index contributed by atoms with van der Waals surface area (Å²) in [7, 11) is 0. The van der Waals surface area contributed by atoms with Crippen LogP contribution in [0.2, 0.25) is 0 Å². The first-order chi connectivity index (χ1) is 18.7. The molecule has 0 saturated carbocycles. The van der Waals surface area contributed by atoms with E-state index in [2.05, 4.69) is 19.2 Å². The molecule has 2 N–H and O–H groups in total. The molecule has 0 radical (unpaired) electrons. The van der Waals surface area contributed by atoms with E-state index >= 15 is 0 Å². The quantitative estimate of drug-likeness (QED) is 0.0704. The molecule has 1 atom stereocenters. The fraction of sp³-hybridized carbons (Fsp3) is 0.939. The molecule has 5 nitrogen and oxygen atoms in total. The summed E-state index contributed by atoms with van der Waals surface area (Å²) in [5.41, 5.74) is 0. The van der Waals surface area contributed by atoms with Gasteiger partial charge in [0.15, 0.2) is 6.04 Å². The number of aliphatic hydroxyl groups is 1. The van der Waals surface area contributed by atoms with E-state index in [1.807, 2.05) is 0 Å². The summed E-state index contributed by atoms with van der Waals surface area (Å²) in [6.07, 6.45) is 32.0. The average molecular weight is 540 g/mol. The summed E-state index contributed by atoms with van der Waals surface area (Å²) in [6, 6.07) is -0.943. The minimum absolute atomic E-state index is 0.172. The highest BCUT2D eigenvalue weighted by molar-refractivity contribution is 5.84. The number of aliphatic hydroxyl groups excluding tert-OH is 1. The van der Waals surface area contributed by atoms with Gasteiger partial charge in [0.2, 0.25) is 5.91 Å². The number of carbonyl (C=O) groups excluding carboxylic acids is 2. The van der Waals surface area contributed by atoms with Crippen LogP contribution in [-0.4, -0.2) is 36.2 Å². The van der Waals surface area contributed by atoms with E-state index in [1.165, 1.54) is 128 Å². The van der Waals surface area contributed by atoms with E-state index in [9.17, 15) is 14.7 Å². The van der Waals surface area contributed by atoms with Crippen molar-refractivity contribution < 1.29 is 19.4 Å². The normalized spacial score (nSPS) is 12.0. The summed E-state index contributed by atoms with van der Waals surface area (Å²) in [5, 5.41) is 12.2. The van der Waals surface area contributed by atoms with Gasteiger partial charge < -0.3 is 15.2 Å². The molecular weight excluding hydrogens is 474 g/mol. The van der Waals surface area contributed by atoms with E-state index in [-0.39, 0.29) is 5.91 Å². The summed E-state index contributed by atoms with van der Waals surface area (Å²) in [6.45, 7) is 4.46. The number of nitrogens with one attached hydrogen (secondary N) is 1. The van der Waals surface area contributed by atoms with Crippen LogP contribution in [0.15, 0.2) is 0 Å². The summed E-state index contributed by atoms with van der Waals surface area (Å²) < 4.78 is 5.30. The standard InChI is InChI=1S/C33H65NO4/c1-3-5-7-9-11-13-15-17-18-20-22-24-26-28-32(36)34-31(30-35)33(37)38-29-27-25-23-21-19-16-14-12-10-8-6-4-2/h31,35H,3-30H2,1-2H3,(H,34,36)/t31-/m0/s1. The Morgan fingerprint density at radius 3 is 1.26 bits per heavy atom. The molecule has 5 heteroatoms. The number of hydrogen-bond acceptors (Lipinski definition) is 4. The van der Waals surface area contributed by atoms with Gasteiger partial charge in [0.05, 0.1) is 13.2 Å². The number of amides is 1. The topological polar surface area (TPSA) is 75.6 Å². The Morgan fingerprint density at radius 1 is 0.553 bits per heavy atom. The van der Waals surface area contributed by atoms with Crippen LogP contribution < -0.4 is 5.32 Å². The minimum Gasteiger partial charge on any atom is -0.464 e. The molecule has 0 saturated heterocycles. The number of carbonyl (C=O) groups is 2. The predicted octanol–water partition coefficient (Wildman–Crippen LogP) is 9.19. The SMILES string of the molecule is CCCCCCCCCCCCCCCC(=O)N[C@@H](CO)C(=O)OCCCCCCCCCCCCCC. The summed E-state index contributed by atoms with van der Waals surface area (Å²) in [4.78, 5) is 24.4. The summed E-state index contributed by atoms with van der Waals surface area (Å²) >= 11 is 0. The van der Waals surface area contributed by atoms with Gasteiger partial charge in [-0.25, -0.2) is 4.79 Å². The lowest BCUT2D eigenvalue weighted by molar-refractivity contribution is -0.149. The monoisotopic (exact) mass is 539 g/mol. The van der Waals surface area contributed by atoms with Crippen LogP contribution >= 0.6 is 0 Å². The lowest BCUT2D eigenvalue weighted by Crippen LogP contribution is -2.44. The smallest absolute Gasteiger partial charge is 0.331 e. The van der Waals surface area contributed by atoms with Crippen molar-refractivity contribution in [2.75, 3.05) is 13.2 Å². The number of rotatable bonds is 30. The first kappa shape index (κ1) is 36.9. The molecule has 0 unspecified atom stereocenters. The second-order valence-corrected chi connectivity index (χ2v) is 11.4. The van der Waals surface area contributed by atoms with Crippen LogP contribution in [0.1, 0.15) is 181 Å². The van der Waals surface area contributed by atoms with Gasteiger partial charge >= 0.3 is 5.97 Å². The second-order valence-electron chi connectivity index (χ2n) is 11.4. The Bertz CT molecular complexity index is 511. The number of unbranched alkanes of at least 4 members (excludes halogenated alkanes) is 23. The van der Waals surface area contributed by atoms with Gasteiger partial charge in [0.1, 0.15) is 0 Å². The Kier molecular flexibility index (Phi) is 29.6. The highest BCUT2D eigenvalue weighted by atomic mass is 16.5. The maximum Gasteiger partial charge on any atom is 0.331 e. The van der Waals surface area contributed by atoms with E-state index < -0.39 is 18.6 Å². The van der Waals surface area contributed by atoms with Gasteiger partial charge in [0, 0.05) is 6.42 Å². The molecule has 1 amide bonds. The molecular formula is C33H65NO4. The third-order valence-electron chi connectivity index (χ3n) is 7.55. The van der Waals surface area contributed by atoms with Crippen molar-refractivity contribution in [3.8, 4) is 0 Å². The van der Waals surface area contributed by atoms with Gasteiger partial charge in [-0.1, -0.05) is 162 Å². The fourth-order valence-electron chi connectivity index (χ4n) is 4.97. The molecule has 0 rings (SSSR count). The zero-order chi connectivity index (χ0) is 27.9. The van der Waals surface area contributed by atoms with Crippen molar-refractivity contribution in [3.05, 3.63) is 0 Å². The third-order valence-corrected chi connectivity index (χ3v) is 7.55. The largest absolute Gasteiger partial charge is 0.464 e. The molecule has 38 heavy (non-hydrogen) atoms. The molecule has 0 aliphatic heterocycles. The lowest BCUT2D eigenvalue weighted by Gasteiger charge is -2.15. The number of ether oxygens (including phenoxy) is 1. The van der Waals surface area contributed by atoms with Gasteiger partial charge in [-0.2, -0.15) is 0 Å². The molecule has 0 bridgehead atoms. The maximum atomic E-state index is 12.2. The van der Waals surface area contributed by atoms with E-state index in [4.69, 9.17) is 4.74 Å². The second kappa shape index (κ2) is 30.4. The molecule has 0 aliphatic rings. The van der Waals surface area contributed by atoms with Crippen LogP contribution in [0.3, 0.4) is 0 Å². The molecule has 0 aromatic rings. The molecule has 0 aromatic carbocycles. The Balaban J connectivity index is 3.56. The fourth-order valence-corrected chi connectivity index (χ4v) is 4.97. The van der Waals surface area contributed by atoms with Crippen molar-refractivity contribution >= 4 is 11.9 Å². The zero-order valence-corrected chi connectivity index (χ0v) is 25.5. The highest BCUT2D eigenvalue weighted by Gasteiger charge is 2.21. The van der Waals surface area contributed by atoms with Crippen molar-refractivity contribution in [1.29, 1.82) is 0 Å². The molecule has 0 fully saturated rings. The molecule has 0 aromatic heterocycles. The first-order valence-corrected chi connectivity index (χ1v) is 16.7. The van der Waals surface area contributed by atoms with Gasteiger partial charge in [-0.15, -0.1) is 0 Å². The predicted molar refractivity (Wildman–Crippen MR) is 161 cm³/mol. The lowest BCUT2D eigenvalue weighted by atomic mass is 10.0. The number of esters is 1. The Labute approximate surface area is 236 Å². The van der Waals surface area contributed by atoms with Crippen molar-refractivity contribution in [2.24, 2.45) is 0 Å². The third kappa shape index (κ3) is 26.5. The van der Waals surface area contributed by atoms with Crippen molar-refractivity contribution in [3.63, 3.8) is 0 Å².